The quantitative estimate of drug-likeness (QED) is 0.896. The molecule has 1 aromatic carbocycles. The van der Waals surface area contributed by atoms with Gasteiger partial charge in [-0.05, 0) is 42.2 Å². The van der Waals surface area contributed by atoms with Crippen molar-refractivity contribution in [1.82, 2.24) is 9.62 Å². The van der Waals surface area contributed by atoms with Crippen LogP contribution in [0.1, 0.15) is 56.7 Å². The first-order chi connectivity index (χ1) is 11.7. The molecular weight excluding hydrogens is 336 g/mol. The van der Waals surface area contributed by atoms with Crippen LogP contribution < -0.4 is 5.32 Å². The van der Waals surface area contributed by atoms with Crippen molar-refractivity contribution in [2.24, 2.45) is 5.92 Å². The second-order valence-electron chi connectivity index (χ2n) is 8.01. The van der Waals surface area contributed by atoms with Crippen molar-refractivity contribution in [3.63, 3.8) is 0 Å². The molecule has 0 bridgehead atoms. The van der Waals surface area contributed by atoms with E-state index in [1.165, 1.54) is 21.7 Å². The highest BCUT2D eigenvalue weighted by Gasteiger charge is 2.35. The number of nitrogens with zero attached hydrogens (tertiary/aromatic N) is 1. The lowest BCUT2D eigenvalue weighted by atomic mass is 9.71. The molecule has 0 saturated carbocycles. The summed E-state index contributed by atoms with van der Waals surface area (Å²) in [6.45, 7) is 5.38. The van der Waals surface area contributed by atoms with Crippen molar-refractivity contribution >= 4 is 15.9 Å². The Bertz CT molecular complexity index is 750. The minimum atomic E-state index is -3.15. The summed E-state index contributed by atoms with van der Waals surface area (Å²) in [7, 11) is -3.15. The van der Waals surface area contributed by atoms with Crippen LogP contribution in [0.25, 0.3) is 0 Å². The van der Waals surface area contributed by atoms with Gasteiger partial charge in [0.1, 0.15) is 0 Å². The molecule has 3 rings (SSSR count). The highest BCUT2D eigenvalue weighted by atomic mass is 32.2. The molecule has 1 atom stereocenters. The molecule has 1 fully saturated rings. The first-order valence-corrected chi connectivity index (χ1v) is 10.9. The zero-order chi connectivity index (χ0) is 18.2. The van der Waals surface area contributed by atoms with Crippen molar-refractivity contribution in [1.29, 1.82) is 0 Å². The first-order valence-electron chi connectivity index (χ1n) is 9.03. The van der Waals surface area contributed by atoms with Crippen molar-refractivity contribution in [2.75, 3.05) is 19.3 Å². The van der Waals surface area contributed by atoms with Crippen LogP contribution in [0.15, 0.2) is 24.3 Å². The Balaban J connectivity index is 1.67. The minimum absolute atomic E-state index is 0.0599. The van der Waals surface area contributed by atoms with Crippen molar-refractivity contribution in [2.45, 2.75) is 51.0 Å². The molecule has 1 aromatic rings. The fourth-order valence-corrected chi connectivity index (χ4v) is 4.98. The number of amides is 1. The summed E-state index contributed by atoms with van der Waals surface area (Å²) in [6.07, 6.45) is 4.41. The fraction of sp³-hybridized carbons (Fsp3) is 0.632. The molecule has 1 N–H and O–H groups in total. The van der Waals surface area contributed by atoms with Gasteiger partial charge in [0.05, 0.1) is 12.3 Å². The van der Waals surface area contributed by atoms with Crippen molar-refractivity contribution < 1.29 is 13.2 Å². The van der Waals surface area contributed by atoms with Crippen LogP contribution in [0.5, 0.6) is 0 Å². The van der Waals surface area contributed by atoms with Crippen molar-refractivity contribution in [3.05, 3.63) is 35.4 Å². The lowest BCUT2D eigenvalue weighted by molar-refractivity contribution is -0.127. The molecule has 0 aromatic heterocycles. The second-order valence-corrected chi connectivity index (χ2v) is 9.99. The van der Waals surface area contributed by atoms with Crippen molar-refractivity contribution in [3.8, 4) is 0 Å². The van der Waals surface area contributed by atoms with Gasteiger partial charge < -0.3 is 5.32 Å². The second kappa shape index (κ2) is 6.72. The third-order valence-corrected chi connectivity index (χ3v) is 7.04. The number of carbonyl (C=O) groups is 1. The van der Waals surface area contributed by atoms with Gasteiger partial charge >= 0.3 is 0 Å². The van der Waals surface area contributed by atoms with E-state index >= 15 is 0 Å². The van der Waals surface area contributed by atoms with Crippen LogP contribution in [0.4, 0.5) is 0 Å². The number of sulfonamides is 1. The average Bonchev–Trinajstić information content (AvgIpc) is 2.57. The fourth-order valence-electron chi connectivity index (χ4n) is 4.10. The molecule has 0 spiro atoms. The summed E-state index contributed by atoms with van der Waals surface area (Å²) < 4.78 is 24.7. The number of hydrogen-bond acceptors (Lipinski definition) is 3. The molecule has 0 radical (unpaired) electrons. The monoisotopic (exact) mass is 364 g/mol. The van der Waals surface area contributed by atoms with Crippen LogP contribution in [0, 0.1) is 5.92 Å². The molecule has 6 heteroatoms. The van der Waals surface area contributed by atoms with Gasteiger partial charge in [0.2, 0.25) is 15.9 Å². The highest BCUT2D eigenvalue weighted by molar-refractivity contribution is 7.88. The average molecular weight is 365 g/mol. The normalized spacial score (nSPS) is 24.5. The number of benzene rings is 1. The molecule has 2 aliphatic rings. The predicted molar refractivity (Wildman–Crippen MR) is 98.7 cm³/mol. The molecule has 1 unspecified atom stereocenters. The van der Waals surface area contributed by atoms with Gasteiger partial charge in [-0.1, -0.05) is 38.1 Å². The minimum Gasteiger partial charge on any atom is -0.349 e. The lowest BCUT2D eigenvalue weighted by Crippen LogP contribution is -2.44. The summed E-state index contributed by atoms with van der Waals surface area (Å²) in [4.78, 5) is 12.7. The Morgan fingerprint density at radius 1 is 1.16 bits per heavy atom. The maximum absolute atomic E-state index is 12.7. The molecule has 1 aliphatic heterocycles. The van der Waals surface area contributed by atoms with E-state index in [1.807, 2.05) is 6.07 Å². The summed E-state index contributed by atoms with van der Waals surface area (Å²) in [5, 5.41) is 3.23. The Morgan fingerprint density at radius 2 is 1.80 bits per heavy atom. The Labute approximate surface area is 150 Å². The third kappa shape index (κ3) is 3.90. The van der Waals surface area contributed by atoms with E-state index in [0.29, 0.717) is 25.9 Å². The predicted octanol–water partition coefficient (Wildman–Crippen LogP) is 2.59. The summed E-state index contributed by atoms with van der Waals surface area (Å²) >= 11 is 0. The van der Waals surface area contributed by atoms with E-state index in [9.17, 15) is 13.2 Å². The van der Waals surface area contributed by atoms with Gasteiger partial charge in [0.25, 0.3) is 0 Å². The Morgan fingerprint density at radius 3 is 2.44 bits per heavy atom. The van der Waals surface area contributed by atoms with Crippen LogP contribution in [0.2, 0.25) is 0 Å². The SMILES string of the molecule is CC1(C)CCC(NC(=O)C2CCN(S(C)(=O)=O)CC2)c2ccccc21. The molecule has 1 saturated heterocycles. The molecular formula is C19H28N2O3S. The number of nitrogens with one attached hydrogen (secondary N) is 1. The van der Waals surface area contributed by atoms with Gasteiger partial charge in [0.15, 0.2) is 0 Å². The van der Waals surface area contributed by atoms with Gasteiger partial charge in [-0.25, -0.2) is 12.7 Å². The van der Waals surface area contributed by atoms with Gasteiger partial charge in [-0.2, -0.15) is 0 Å². The van der Waals surface area contributed by atoms with E-state index in [4.69, 9.17) is 0 Å². The number of rotatable bonds is 3. The first kappa shape index (κ1) is 18.4. The van der Waals surface area contributed by atoms with E-state index in [-0.39, 0.29) is 23.3 Å². The summed E-state index contributed by atoms with van der Waals surface area (Å²) in [5.41, 5.74) is 2.68. The Hall–Kier alpha value is -1.40. The maximum atomic E-state index is 12.7. The van der Waals surface area contributed by atoms with E-state index in [2.05, 4.69) is 37.4 Å². The van der Waals surface area contributed by atoms with E-state index < -0.39 is 10.0 Å². The molecule has 5 nitrogen and oxygen atoms in total. The van der Waals surface area contributed by atoms with Crippen LogP contribution in [0.3, 0.4) is 0 Å². The third-order valence-electron chi connectivity index (χ3n) is 5.73. The molecule has 1 amide bonds. The van der Waals surface area contributed by atoms with E-state index in [1.54, 1.807) is 0 Å². The van der Waals surface area contributed by atoms with E-state index in [0.717, 1.165) is 12.8 Å². The van der Waals surface area contributed by atoms with Gasteiger partial charge in [-0.3, -0.25) is 4.79 Å². The maximum Gasteiger partial charge on any atom is 0.223 e. The molecule has 1 heterocycles. The number of fused-ring (bicyclic) bond motifs is 1. The van der Waals surface area contributed by atoms with Gasteiger partial charge in [0, 0.05) is 19.0 Å². The summed E-state index contributed by atoms with van der Waals surface area (Å²) in [5.74, 6) is -0.0345. The number of carbonyl (C=O) groups excluding carboxylic acids is 1. The topological polar surface area (TPSA) is 66.5 Å². The van der Waals surface area contributed by atoms with Crippen LogP contribution in [-0.2, 0) is 20.2 Å². The Kier molecular flexibility index (Phi) is 4.95. The van der Waals surface area contributed by atoms with Crippen LogP contribution in [-0.4, -0.2) is 38.0 Å². The summed E-state index contributed by atoms with van der Waals surface area (Å²) in [6, 6.07) is 8.44. The van der Waals surface area contributed by atoms with Gasteiger partial charge in [-0.15, -0.1) is 0 Å². The number of piperidine rings is 1. The molecule has 1 aliphatic carbocycles. The standard InChI is InChI=1S/C19H28N2O3S/c1-19(2)11-8-17(15-6-4-5-7-16(15)19)20-18(22)14-9-12-21(13-10-14)25(3,23)24/h4-7,14,17H,8-13H2,1-3H3,(H,20,22). The molecule has 138 valence electrons. The highest BCUT2D eigenvalue weighted by Crippen LogP contribution is 2.41. The number of hydrogen-bond donors (Lipinski definition) is 1. The largest absolute Gasteiger partial charge is 0.349 e. The zero-order valence-corrected chi connectivity index (χ0v) is 16.1. The zero-order valence-electron chi connectivity index (χ0n) is 15.3. The smallest absolute Gasteiger partial charge is 0.223 e. The molecule has 25 heavy (non-hydrogen) atoms. The van der Waals surface area contributed by atoms with Crippen LogP contribution >= 0.6 is 0 Å². The lowest BCUT2D eigenvalue weighted by Gasteiger charge is -2.38.